The van der Waals surface area contributed by atoms with Gasteiger partial charge in [-0.05, 0) is 32.1 Å². The van der Waals surface area contributed by atoms with Crippen molar-refractivity contribution in [3.63, 3.8) is 0 Å². The molecule has 1 heterocycles. The molecule has 0 radical (unpaired) electrons. The van der Waals surface area contributed by atoms with E-state index >= 15 is 0 Å². The third kappa shape index (κ3) is 3.13. The van der Waals surface area contributed by atoms with Crippen molar-refractivity contribution in [2.45, 2.75) is 58.8 Å². The monoisotopic (exact) mass is 229 g/mol. The fraction of sp³-hybridized carbons (Fsp3) is 0.917. The quantitative estimate of drug-likeness (QED) is 0.718. The van der Waals surface area contributed by atoms with Crippen LogP contribution in [0.25, 0.3) is 0 Å². The summed E-state index contributed by atoms with van der Waals surface area (Å²) in [5.41, 5.74) is 0.294. The number of rotatable bonds is 2. The number of thioether (sulfide) groups is 1. The molecule has 2 nitrogen and oxygen atoms in total. The van der Waals surface area contributed by atoms with Gasteiger partial charge in [0, 0.05) is 17.8 Å². The van der Waals surface area contributed by atoms with Crippen LogP contribution in [-0.2, 0) is 0 Å². The van der Waals surface area contributed by atoms with E-state index in [9.17, 15) is 4.79 Å². The summed E-state index contributed by atoms with van der Waals surface area (Å²) in [5, 5.41) is 0.709. The predicted octanol–water partition coefficient (Wildman–Crippen LogP) is 3.76. The van der Waals surface area contributed by atoms with Crippen LogP contribution in [0.1, 0.15) is 47.5 Å². The van der Waals surface area contributed by atoms with Crippen molar-refractivity contribution >= 4 is 17.0 Å². The molecule has 0 aliphatic carbocycles. The molecule has 2 unspecified atom stereocenters. The van der Waals surface area contributed by atoms with E-state index in [1.165, 1.54) is 11.8 Å². The molecule has 0 saturated carbocycles. The number of nitrogens with zero attached hydrogens (tertiary/aromatic N) is 1. The third-order valence-corrected chi connectivity index (χ3v) is 4.35. The molecule has 0 N–H and O–H groups in total. The molecule has 0 aromatic carbocycles. The Kier molecular flexibility index (Phi) is 4.10. The summed E-state index contributed by atoms with van der Waals surface area (Å²) < 4.78 is 0. The van der Waals surface area contributed by atoms with Gasteiger partial charge in [-0.15, -0.1) is 0 Å². The maximum absolute atomic E-state index is 12.0. The first kappa shape index (κ1) is 12.9. The van der Waals surface area contributed by atoms with Crippen LogP contribution in [0.4, 0.5) is 4.79 Å². The molecule has 2 atom stereocenters. The summed E-state index contributed by atoms with van der Waals surface area (Å²) in [7, 11) is 0. The summed E-state index contributed by atoms with van der Waals surface area (Å²) in [5.74, 6) is 0. The van der Waals surface area contributed by atoms with Gasteiger partial charge < -0.3 is 4.90 Å². The van der Waals surface area contributed by atoms with E-state index in [2.05, 4.69) is 34.6 Å². The van der Waals surface area contributed by atoms with Crippen LogP contribution in [-0.4, -0.2) is 28.0 Å². The molecule has 88 valence electrons. The predicted molar refractivity (Wildman–Crippen MR) is 67.3 cm³/mol. The van der Waals surface area contributed by atoms with Gasteiger partial charge in [-0.1, -0.05) is 32.5 Å². The second kappa shape index (κ2) is 4.77. The molecular formula is C12H23NOS. The highest BCUT2D eigenvalue weighted by molar-refractivity contribution is 8.14. The van der Waals surface area contributed by atoms with Crippen LogP contribution in [0.3, 0.4) is 0 Å². The molecule has 1 fully saturated rings. The Bertz CT molecular complexity index is 242. The molecule has 1 saturated heterocycles. The second-order valence-electron chi connectivity index (χ2n) is 5.28. The Hall–Kier alpha value is -0.180. The molecular weight excluding hydrogens is 206 g/mol. The van der Waals surface area contributed by atoms with E-state index in [0.29, 0.717) is 16.7 Å². The minimum atomic E-state index is 0.259. The lowest BCUT2D eigenvalue weighted by atomic mass is 9.82. The third-order valence-electron chi connectivity index (χ3n) is 3.35. The number of amides is 1. The van der Waals surface area contributed by atoms with Gasteiger partial charge in [-0.3, -0.25) is 4.79 Å². The number of hydrogen-bond donors (Lipinski definition) is 0. The average Bonchev–Trinajstić information content (AvgIpc) is 2.23. The van der Waals surface area contributed by atoms with Crippen LogP contribution in [0.15, 0.2) is 0 Å². The van der Waals surface area contributed by atoms with Crippen molar-refractivity contribution in [3.8, 4) is 0 Å². The fourth-order valence-corrected chi connectivity index (χ4v) is 3.41. The van der Waals surface area contributed by atoms with Gasteiger partial charge >= 0.3 is 0 Å². The highest BCUT2D eigenvalue weighted by atomic mass is 32.2. The summed E-state index contributed by atoms with van der Waals surface area (Å²) >= 11 is 1.50. The van der Waals surface area contributed by atoms with Crippen LogP contribution < -0.4 is 0 Å². The van der Waals surface area contributed by atoms with Crippen molar-refractivity contribution in [2.75, 3.05) is 6.54 Å². The van der Waals surface area contributed by atoms with Crippen molar-refractivity contribution in [1.82, 2.24) is 4.90 Å². The lowest BCUT2D eigenvalue weighted by molar-refractivity contribution is 0.154. The summed E-state index contributed by atoms with van der Waals surface area (Å²) in [6.45, 7) is 11.8. The van der Waals surface area contributed by atoms with Crippen molar-refractivity contribution in [2.24, 2.45) is 5.41 Å². The zero-order valence-electron chi connectivity index (χ0n) is 10.5. The maximum Gasteiger partial charge on any atom is 0.282 e. The van der Waals surface area contributed by atoms with E-state index < -0.39 is 0 Å². The number of carbonyl (C=O) groups excluding carboxylic acids is 1. The molecule has 0 aromatic rings. The molecule has 0 spiro atoms. The van der Waals surface area contributed by atoms with Crippen LogP contribution in [0.2, 0.25) is 0 Å². The van der Waals surface area contributed by atoms with E-state index in [1.807, 2.05) is 4.90 Å². The van der Waals surface area contributed by atoms with E-state index in [0.717, 1.165) is 19.4 Å². The standard InChI is InChI=1S/C12H23NOS/c1-6-12(5)7-10(4)15-11(14)13(8-12)9(2)3/h9-10H,6-8H2,1-5H3. The molecule has 1 aliphatic heterocycles. The van der Waals surface area contributed by atoms with E-state index in [4.69, 9.17) is 0 Å². The molecule has 1 amide bonds. The lowest BCUT2D eigenvalue weighted by Crippen LogP contribution is -2.40. The van der Waals surface area contributed by atoms with E-state index in [1.54, 1.807) is 0 Å². The topological polar surface area (TPSA) is 20.3 Å². The second-order valence-corrected chi connectivity index (χ2v) is 6.67. The van der Waals surface area contributed by atoms with E-state index in [-0.39, 0.29) is 5.24 Å². The van der Waals surface area contributed by atoms with Gasteiger partial charge in [-0.25, -0.2) is 0 Å². The summed E-state index contributed by atoms with van der Waals surface area (Å²) in [4.78, 5) is 14.0. The fourth-order valence-electron chi connectivity index (χ4n) is 2.17. The first-order chi connectivity index (χ1) is 6.88. The Morgan fingerprint density at radius 2 is 2.20 bits per heavy atom. The van der Waals surface area contributed by atoms with Crippen molar-refractivity contribution in [1.29, 1.82) is 0 Å². The molecule has 3 heteroatoms. The van der Waals surface area contributed by atoms with Crippen molar-refractivity contribution in [3.05, 3.63) is 0 Å². The van der Waals surface area contributed by atoms with Crippen molar-refractivity contribution < 1.29 is 4.79 Å². The molecule has 0 aromatic heterocycles. The van der Waals surface area contributed by atoms with Crippen LogP contribution >= 0.6 is 11.8 Å². The van der Waals surface area contributed by atoms with Gasteiger partial charge in [0.25, 0.3) is 5.24 Å². The average molecular weight is 229 g/mol. The molecule has 0 bridgehead atoms. The first-order valence-electron chi connectivity index (χ1n) is 5.85. The number of carbonyl (C=O) groups is 1. The maximum atomic E-state index is 12.0. The smallest absolute Gasteiger partial charge is 0.282 e. The van der Waals surface area contributed by atoms with Gasteiger partial charge in [0.15, 0.2) is 0 Å². The first-order valence-corrected chi connectivity index (χ1v) is 6.73. The van der Waals surface area contributed by atoms with Gasteiger partial charge in [-0.2, -0.15) is 0 Å². The van der Waals surface area contributed by atoms with Crippen LogP contribution in [0, 0.1) is 5.41 Å². The van der Waals surface area contributed by atoms with Gasteiger partial charge in [0.1, 0.15) is 0 Å². The Balaban J connectivity index is 2.86. The van der Waals surface area contributed by atoms with Crippen LogP contribution in [0.5, 0.6) is 0 Å². The zero-order valence-corrected chi connectivity index (χ0v) is 11.4. The summed E-state index contributed by atoms with van der Waals surface area (Å²) in [6, 6.07) is 0.321. The Labute approximate surface area is 97.8 Å². The number of hydrogen-bond acceptors (Lipinski definition) is 2. The zero-order chi connectivity index (χ0) is 11.6. The largest absolute Gasteiger partial charge is 0.331 e. The minimum absolute atomic E-state index is 0.259. The van der Waals surface area contributed by atoms with Gasteiger partial charge in [0.2, 0.25) is 0 Å². The summed E-state index contributed by atoms with van der Waals surface area (Å²) in [6.07, 6.45) is 2.29. The lowest BCUT2D eigenvalue weighted by Gasteiger charge is -2.34. The highest BCUT2D eigenvalue weighted by Gasteiger charge is 2.35. The SMILES string of the molecule is CCC1(C)CC(C)SC(=O)N(C(C)C)C1. The Morgan fingerprint density at radius 1 is 1.60 bits per heavy atom. The molecule has 15 heavy (non-hydrogen) atoms. The Morgan fingerprint density at radius 3 is 2.67 bits per heavy atom. The molecule has 1 rings (SSSR count). The minimum Gasteiger partial charge on any atom is -0.331 e. The highest BCUT2D eigenvalue weighted by Crippen LogP contribution is 2.38. The normalized spacial score (nSPS) is 33.3. The molecule has 1 aliphatic rings. The van der Waals surface area contributed by atoms with Gasteiger partial charge in [0.05, 0.1) is 0 Å².